The molecule has 1 saturated carbocycles. The van der Waals surface area contributed by atoms with Crippen LogP contribution in [0.1, 0.15) is 61.8 Å². The summed E-state index contributed by atoms with van der Waals surface area (Å²) in [6, 6.07) is 8.45. The van der Waals surface area contributed by atoms with Crippen LogP contribution in [0.25, 0.3) is 0 Å². The van der Waals surface area contributed by atoms with E-state index in [9.17, 15) is 0 Å². The Morgan fingerprint density at radius 1 is 1.18 bits per heavy atom. The number of rotatable bonds is 6. The molecule has 0 amide bonds. The molecule has 4 nitrogen and oxygen atoms in total. The first kappa shape index (κ1) is 19.8. The van der Waals surface area contributed by atoms with Gasteiger partial charge in [-0.1, -0.05) is 36.6 Å². The average Bonchev–Trinajstić information content (AvgIpc) is 3.16. The van der Waals surface area contributed by atoms with Crippen molar-refractivity contribution in [3.63, 3.8) is 0 Å². The Bertz CT molecular complexity index is 792. The van der Waals surface area contributed by atoms with Crippen molar-refractivity contribution in [2.24, 2.45) is 0 Å². The largest absolute Gasteiger partial charge is 0.375 e. The molecule has 3 heterocycles. The summed E-state index contributed by atoms with van der Waals surface area (Å²) >= 11 is 6.04. The highest BCUT2D eigenvalue weighted by molar-refractivity contribution is 6.30. The fraction of sp³-hybridized carbons (Fsp3) is 0.565. The third-order valence-corrected chi connectivity index (χ3v) is 6.95. The molecule has 150 valence electrons. The lowest BCUT2D eigenvalue weighted by molar-refractivity contribution is -0.104. The topological polar surface area (TPSA) is 47.0 Å². The molecule has 2 fully saturated rings. The number of halogens is 1. The van der Waals surface area contributed by atoms with Gasteiger partial charge < -0.3 is 10.1 Å². The van der Waals surface area contributed by atoms with E-state index in [0.29, 0.717) is 5.15 Å². The molecule has 5 heteroatoms. The quantitative estimate of drug-likeness (QED) is 0.549. The lowest BCUT2D eigenvalue weighted by atomic mass is 9.68. The van der Waals surface area contributed by atoms with Crippen LogP contribution in [-0.4, -0.2) is 28.7 Å². The highest BCUT2D eigenvalue weighted by Crippen LogP contribution is 2.49. The SMILES string of the molecule is Cc1cc(CNCC[C@@]2(c3ccccn3)CCOC3(CCCC3)C2)cnc1Cl. The van der Waals surface area contributed by atoms with Crippen molar-refractivity contribution in [3.05, 3.63) is 58.6 Å². The zero-order valence-electron chi connectivity index (χ0n) is 16.7. The van der Waals surface area contributed by atoms with Gasteiger partial charge in [-0.15, -0.1) is 0 Å². The van der Waals surface area contributed by atoms with Gasteiger partial charge in [-0.3, -0.25) is 4.98 Å². The van der Waals surface area contributed by atoms with Crippen molar-refractivity contribution in [1.29, 1.82) is 0 Å². The van der Waals surface area contributed by atoms with Crippen molar-refractivity contribution in [2.75, 3.05) is 13.2 Å². The van der Waals surface area contributed by atoms with Gasteiger partial charge in [-0.2, -0.15) is 0 Å². The highest BCUT2D eigenvalue weighted by Gasteiger charge is 2.48. The van der Waals surface area contributed by atoms with E-state index in [1.807, 2.05) is 25.4 Å². The minimum atomic E-state index is 0.0764. The van der Waals surface area contributed by atoms with Crippen molar-refractivity contribution in [3.8, 4) is 0 Å². The Hall–Kier alpha value is -1.49. The second-order valence-electron chi connectivity index (χ2n) is 8.54. The molecule has 0 unspecified atom stereocenters. The van der Waals surface area contributed by atoms with Crippen LogP contribution >= 0.6 is 11.6 Å². The van der Waals surface area contributed by atoms with Crippen molar-refractivity contribution >= 4 is 11.6 Å². The van der Waals surface area contributed by atoms with E-state index < -0.39 is 0 Å². The zero-order chi connectivity index (χ0) is 19.5. The van der Waals surface area contributed by atoms with Crippen molar-refractivity contribution in [1.82, 2.24) is 15.3 Å². The molecule has 2 aliphatic rings. The Balaban J connectivity index is 1.45. The minimum Gasteiger partial charge on any atom is -0.375 e. The zero-order valence-corrected chi connectivity index (χ0v) is 17.5. The summed E-state index contributed by atoms with van der Waals surface area (Å²) in [5, 5.41) is 4.20. The summed E-state index contributed by atoms with van der Waals surface area (Å²) in [7, 11) is 0. The molecule has 0 aromatic carbocycles. The van der Waals surface area contributed by atoms with Crippen LogP contribution in [0.15, 0.2) is 36.7 Å². The van der Waals surface area contributed by atoms with Crippen LogP contribution in [0.3, 0.4) is 0 Å². The van der Waals surface area contributed by atoms with Crippen LogP contribution < -0.4 is 5.32 Å². The summed E-state index contributed by atoms with van der Waals surface area (Å²) in [6.07, 6.45) is 12.0. The maximum Gasteiger partial charge on any atom is 0.131 e. The van der Waals surface area contributed by atoms with E-state index in [-0.39, 0.29) is 11.0 Å². The first-order valence-electron chi connectivity index (χ1n) is 10.5. The second-order valence-corrected chi connectivity index (χ2v) is 8.90. The molecule has 0 radical (unpaired) electrons. The van der Waals surface area contributed by atoms with Gasteiger partial charge in [0.2, 0.25) is 0 Å². The monoisotopic (exact) mass is 399 g/mol. The molecule has 28 heavy (non-hydrogen) atoms. The number of aryl methyl sites for hydroxylation is 1. The fourth-order valence-electron chi connectivity index (χ4n) is 5.07. The molecule has 1 saturated heterocycles. The second kappa shape index (κ2) is 8.48. The van der Waals surface area contributed by atoms with Crippen molar-refractivity contribution in [2.45, 2.75) is 69.4 Å². The Kier molecular flexibility index (Phi) is 6.00. The molecule has 1 aliphatic carbocycles. The lowest BCUT2D eigenvalue weighted by Crippen LogP contribution is -2.47. The van der Waals surface area contributed by atoms with Crippen LogP contribution in [0.4, 0.5) is 0 Å². The number of pyridine rings is 2. The lowest BCUT2D eigenvalue weighted by Gasteiger charge is -2.46. The molecule has 1 aliphatic heterocycles. The number of aromatic nitrogens is 2. The van der Waals surface area contributed by atoms with Gasteiger partial charge >= 0.3 is 0 Å². The van der Waals surface area contributed by atoms with Gasteiger partial charge in [-0.05, 0) is 68.8 Å². The number of nitrogens with one attached hydrogen (secondary N) is 1. The summed E-state index contributed by atoms with van der Waals surface area (Å²) in [5.74, 6) is 0. The standard InChI is InChI=1S/C23H30ClN3O/c1-18-14-19(16-27-21(18)24)15-25-12-9-22(20-6-2-5-11-26-20)10-13-28-23(17-22)7-3-4-8-23/h2,5-6,11,14,16,25H,3-4,7-10,12-13,15,17H2,1H3/t22-/m1/s1. The molecule has 1 spiro atoms. The van der Waals surface area contributed by atoms with E-state index in [2.05, 4.69) is 28.5 Å². The summed E-state index contributed by atoms with van der Waals surface area (Å²) in [4.78, 5) is 9.03. The normalized spacial score (nSPS) is 23.9. The van der Waals surface area contributed by atoms with Gasteiger partial charge in [0.05, 0.1) is 5.60 Å². The van der Waals surface area contributed by atoms with E-state index in [0.717, 1.165) is 44.5 Å². The van der Waals surface area contributed by atoms with Gasteiger partial charge in [0.15, 0.2) is 0 Å². The number of hydrogen-bond acceptors (Lipinski definition) is 4. The van der Waals surface area contributed by atoms with Crippen molar-refractivity contribution < 1.29 is 4.74 Å². The number of ether oxygens (including phenoxy) is 1. The fourth-order valence-corrected chi connectivity index (χ4v) is 5.17. The van der Waals surface area contributed by atoms with Gasteiger partial charge in [0.25, 0.3) is 0 Å². The molecular weight excluding hydrogens is 370 g/mol. The maximum absolute atomic E-state index is 6.33. The smallest absolute Gasteiger partial charge is 0.131 e. The van der Waals surface area contributed by atoms with Crippen LogP contribution in [0.5, 0.6) is 0 Å². The summed E-state index contributed by atoms with van der Waals surface area (Å²) in [6.45, 7) is 4.61. The summed E-state index contributed by atoms with van der Waals surface area (Å²) in [5.41, 5.74) is 3.61. The maximum atomic E-state index is 6.33. The highest BCUT2D eigenvalue weighted by atomic mass is 35.5. The molecular formula is C23H30ClN3O. The Labute approximate surface area is 173 Å². The number of hydrogen-bond donors (Lipinski definition) is 1. The Morgan fingerprint density at radius 3 is 2.79 bits per heavy atom. The first-order chi connectivity index (χ1) is 13.6. The molecule has 2 aromatic heterocycles. The van der Waals surface area contributed by atoms with E-state index in [1.54, 1.807) is 0 Å². The molecule has 2 aromatic rings. The third-order valence-electron chi connectivity index (χ3n) is 6.55. The first-order valence-corrected chi connectivity index (χ1v) is 10.9. The van der Waals surface area contributed by atoms with Gasteiger partial charge in [0, 0.05) is 36.7 Å². The minimum absolute atomic E-state index is 0.0764. The van der Waals surface area contributed by atoms with Crippen LogP contribution in [-0.2, 0) is 16.7 Å². The molecule has 1 atom stereocenters. The Morgan fingerprint density at radius 2 is 2.04 bits per heavy atom. The predicted molar refractivity (Wildman–Crippen MR) is 113 cm³/mol. The molecule has 0 bridgehead atoms. The number of nitrogens with zero attached hydrogens (tertiary/aromatic N) is 2. The van der Waals surface area contributed by atoms with Gasteiger partial charge in [0.1, 0.15) is 5.15 Å². The molecule has 1 N–H and O–H groups in total. The van der Waals surface area contributed by atoms with Crippen LogP contribution in [0, 0.1) is 6.92 Å². The third kappa shape index (κ3) is 4.24. The summed E-state index contributed by atoms with van der Waals surface area (Å²) < 4.78 is 6.33. The molecule has 4 rings (SSSR count). The predicted octanol–water partition coefficient (Wildman–Crippen LogP) is 4.98. The van der Waals surface area contributed by atoms with E-state index in [4.69, 9.17) is 21.3 Å². The van der Waals surface area contributed by atoms with Gasteiger partial charge in [-0.25, -0.2) is 4.98 Å². The van der Waals surface area contributed by atoms with E-state index in [1.165, 1.54) is 36.9 Å². The average molecular weight is 400 g/mol. The van der Waals surface area contributed by atoms with E-state index >= 15 is 0 Å². The van der Waals surface area contributed by atoms with Crippen LogP contribution in [0.2, 0.25) is 5.15 Å².